The van der Waals surface area contributed by atoms with Gasteiger partial charge in [-0.1, -0.05) is 48.5 Å². The van der Waals surface area contributed by atoms with Crippen LogP contribution in [-0.4, -0.2) is 22.7 Å². The van der Waals surface area contributed by atoms with Crippen LogP contribution in [0.2, 0.25) is 0 Å². The molecule has 0 aliphatic carbocycles. The summed E-state index contributed by atoms with van der Waals surface area (Å²) in [5.74, 6) is 1.33. The topological polar surface area (TPSA) is 59.4 Å². The fourth-order valence-corrected chi connectivity index (χ4v) is 6.66. The van der Waals surface area contributed by atoms with Gasteiger partial charge in [-0.05, 0) is 54.8 Å². The van der Waals surface area contributed by atoms with E-state index in [0.29, 0.717) is 5.75 Å². The van der Waals surface area contributed by atoms with Crippen molar-refractivity contribution in [3.63, 3.8) is 0 Å². The van der Waals surface area contributed by atoms with Crippen LogP contribution in [-0.2, 0) is 29.1 Å². The molecule has 0 aliphatic heterocycles. The molecule has 0 amide bonds. The highest BCUT2D eigenvalue weighted by Crippen LogP contribution is 2.34. The predicted molar refractivity (Wildman–Crippen MR) is 146 cm³/mol. The second kappa shape index (κ2) is 12.8. The zero-order valence-electron chi connectivity index (χ0n) is 19.5. The van der Waals surface area contributed by atoms with E-state index < -0.39 is 5.97 Å². The lowest BCUT2D eigenvalue weighted by Gasteiger charge is -2.09. The molecule has 0 atom stereocenters. The van der Waals surface area contributed by atoms with Crippen molar-refractivity contribution in [3.05, 3.63) is 106 Å². The highest BCUT2D eigenvalue weighted by molar-refractivity contribution is 7.99. The largest absolute Gasteiger partial charge is 0.482 e. The molecule has 4 nitrogen and oxygen atoms in total. The Hall–Kier alpha value is -2.74. The van der Waals surface area contributed by atoms with Crippen LogP contribution in [0.25, 0.3) is 0 Å². The smallest absolute Gasteiger partial charge is 0.341 e. The van der Waals surface area contributed by atoms with Crippen molar-refractivity contribution in [1.82, 2.24) is 4.98 Å². The van der Waals surface area contributed by atoms with E-state index in [4.69, 9.17) is 14.8 Å². The van der Waals surface area contributed by atoms with Gasteiger partial charge in [0, 0.05) is 32.6 Å². The Kier molecular flexibility index (Phi) is 9.28. The Labute approximate surface area is 218 Å². The third-order valence-corrected chi connectivity index (χ3v) is 8.66. The van der Waals surface area contributed by atoms with E-state index in [1.807, 2.05) is 54.3 Å². The molecule has 4 aromatic rings. The minimum Gasteiger partial charge on any atom is -0.482 e. The number of rotatable bonds is 12. The molecule has 1 aromatic heterocycles. The van der Waals surface area contributed by atoms with Gasteiger partial charge in [-0.3, -0.25) is 0 Å². The van der Waals surface area contributed by atoms with Crippen LogP contribution in [0.15, 0.2) is 88.7 Å². The zero-order chi connectivity index (χ0) is 24.5. The summed E-state index contributed by atoms with van der Waals surface area (Å²) < 4.78 is 5.36. The molecule has 7 heteroatoms. The van der Waals surface area contributed by atoms with Gasteiger partial charge in [0.2, 0.25) is 0 Å². The summed E-state index contributed by atoms with van der Waals surface area (Å²) in [4.78, 5) is 19.5. The van der Waals surface area contributed by atoms with Crippen LogP contribution in [0.1, 0.15) is 26.7 Å². The number of hydrogen-bond donors (Lipinski definition) is 1. The number of carbonyl (C=O) groups is 1. The number of ether oxygens (including phenoxy) is 1. The number of thioether (sulfide) groups is 2. The first-order valence-electron chi connectivity index (χ1n) is 11.3. The maximum Gasteiger partial charge on any atom is 0.341 e. The lowest BCUT2D eigenvalue weighted by atomic mass is 10.1. The Morgan fingerprint density at radius 1 is 0.914 bits per heavy atom. The summed E-state index contributed by atoms with van der Waals surface area (Å²) in [6.45, 7) is 1.61. The van der Waals surface area contributed by atoms with E-state index in [1.165, 1.54) is 20.3 Å². The number of nitrogens with zero attached hydrogens (tertiary/aromatic N) is 1. The third-order valence-electron chi connectivity index (χ3n) is 5.28. The molecule has 0 saturated heterocycles. The van der Waals surface area contributed by atoms with Crippen molar-refractivity contribution in [3.8, 4) is 5.75 Å². The van der Waals surface area contributed by atoms with Crippen molar-refractivity contribution >= 4 is 40.8 Å². The van der Waals surface area contributed by atoms with Crippen LogP contribution in [0.3, 0.4) is 0 Å². The van der Waals surface area contributed by atoms with Gasteiger partial charge in [0.25, 0.3) is 0 Å². The molecule has 0 bridgehead atoms. The number of thiazole rings is 1. The molecule has 0 fully saturated rings. The van der Waals surface area contributed by atoms with Gasteiger partial charge < -0.3 is 9.84 Å². The number of carboxylic acids is 1. The van der Waals surface area contributed by atoms with Crippen LogP contribution in [0, 0.1) is 6.92 Å². The van der Waals surface area contributed by atoms with E-state index in [2.05, 4.69) is 54.6 Å². The quantitative estimate of drug-likeness (QED) is 0.198. The fraction of sp³-hybridized carbons (Fsp3) is 0.214. The maximum absolute atomic E-state index is 10.8. The van der Waals surface area contributed by atoms with Gasteiger partial charge in [0.15, 0.2) is 6.61 Å². The molecule has 180 valence electrons. The number of hydrogen-bond acceptors (Lipinski definition) is 6. The Morgan fingerprint density at radius 2 is 1.63 bits per heavy atom. The molecule has 1 N–H and O–H groups in total. The summed E-state index contributed by atoms with van der Waals surface area (Å²) in [5.41, 5.74) is 3.43. The molecule has 0 aliphatic rings. The van der Waals surface area contributed by atoms with Gasteiger partial charge >= 0.3 is 5.97 Å². The number of aryl methyl sites for hydroxylation is 3. The van der Waals surface area contributed by atoms with Gasteiger partial charge in [-0.25, -0.2) is 9.78 Å². The minimum atomic E-state index is -0.975. The minimum absolute atomic E-state index is 0.331. The molecule has 1 heterocycles. The van der Waals surface area contributed by atoms with Crippen LogP contribution in [0.5, 0.6) is 5.75 Å². The van der Waals surface area contributed by atoms with Gasteiger partial charge in [-0.15, -0.1) is 34.9 Å². The van der Waals surface area contributed by atoms with E-state index in [9.17, 15) is 4.79 Å². The third kappa shape index (κ3) is 7.88. The SMILES string of the molecule is Cc1cc(SCc2sc(CCc3ccccc3)nc2CSc2ccccc2)ccc1OCC(=O)O. The van der Waals surface area contributed by atoms with Crippen LogP contribution in [0.4, 0.5) is 0 Å². The van der Waals surface area contributed by atoms with Gasteiger partial charge in [-0.2, -0.15) is 0 Å². The molecule has 35 heavy (non-hydrogen) atoms. The van der Waals surface area contributed by atoms with Crippen molar-refractivity contribution in [2.75, 3.05) is 6.61 Å². The predicted octanol–water partition coefficient (Wildman–Crippen LogP) is 7.28. The Morgan fingerprint density at radius 3 is 2.34 bits per heavy atom. The maximum atomic E-state index is 10.8. The van der Waals surface area contributed by atoms with Crippen molar-refractivity contribution in [2.45, 2.75) is 41.1 Å². The van der Waals surface area contributed by atoms with Crippen LogP contribution >= 0.6 is 34.9 Å². The zero-order valence-corrected chi connectivity index (χ0v) is 21.9. The molecule has 0 spiro atoms. The summed E-state index contributed by atoms with van der Waals surface area (Å²) in [6, 6.07) is 26.9. The van der Waals surface area contributed by atoms with E-state index >= 15 is 0 Å². The Balaban J connectivity index is 1.44. The van der Waals surface area contributed by atoms with Gasteiger partial charge in [0.1, 0.15) is 5.75 Å². The van der Waals surface area contributed by atoms with Crippen LogP contribution < -0.4 is 4.74 Å². The summed E-state index contributed by atoms with van der Waals surface area (Å²) in [6.07, 6.45) is 1.93. The van der Waals surface area contributed by atoms with Crippen molar-refractivity contribution in [1.29, 1.82) is 0 Å². The monoisotopic (exact) mass is 521 g/mol. The number of aromatic nitrogens is 1. The second-order valence-corrected chi connectivity index (χ2v) is 11.2. The first-order valence-corrected chi connectivity index (χ1v) is 14.1. The summed E-state index contributed by atoms with van der Waals surface area (Å²) >= 11 is 5.41. The van der Waals surface area contributed by atoms with E-state index in [1.54, 1.807) is 11.8 Å². The molecule has 3 aromatic carbocycles. The highest BCUT2D eigenvalue weighted by Gasteiger charge is 2.13. The lowest BCUT2D eigenvalue weighted by molar-refractivity contribution is -0.139. The summed E-state index contributed by atoms with van der Waals surface area (Å²) in [5, 5.41) is 10.0. The number of aliphatic carboxylic acids is 1. The normalized spacial score (nSPS) is 10.9. The van der Waals surface area contributed by atoms with Crippen molar-refractivity contribution < 1.29 is 14.6 Å². The summed E-state index contributed by atoms with van der Waals surface area (Å²) in [7, 11) is 0. The Bertz CT molecular complexity index is 1240. The molecule has 4 rings (SSSR count). The average molecular weight is 522 g/mol. The molecular weight excluding hydrogens is 495 g/mol. The van der Waals surface area contributed by atoms with Gasteiger partial charge in [0.05, 0.1) is 10.7 Å². The first kappa shape index (κ1) is 25.4. The highest BCUT2D eigenvalue weighted by atomic mass is 32.2. The molecule has 0 saturated carbocycles. The lowest BCUT2D eigenvalue weighted by Crippen LogP contribution is -2.09. The van der Waals surface area contributed by atoms with Crippen molar-refractivity contribution in [2.24, 2.45) is 0 Å². The first-order chi connectivity index (χ1) is 17.1. The number of carboxylic acid groups (broad SMARTS) is 1. The molecule has 0 unspecified atom stereocenters. The van der Waals surface area contributed by atoms with E-state index in [0.717, 1.165) is 40.5 Å². The molecular formula is C28H27NO3S3. The number of benzene rings is 3. The molecule has 0 radical (unpaired) electrons. The standard InChI is InChI=1S/C28H27NO3S3/c1-20-16-23(13-14-25(20)32-17-28(30)31)34-19-26-24(18-33-22-10-6-3-7-11-22)29-27(35-26)15-12-21-8-4-2-5-9-21/h2-11,13-14,16H,12,15,17-19H2,1H3,(H,30,31). The second-order valence-electron chi connectivity index (χ2n) is 7.96. The van der Waals surface area contributed by atoms with E-state index in [-0.39, 0.29) is 6.61 Å². The fourth-order valence-electron chi connectivity index (χ4n) is 3.50. The average Bonchev–Trinajstić information content (AvgIpc) is 3.27.